The summed E-state index contributed by atoms with van der Waals surface area (Å²) >= 11 is 5.75. The van der Waals surface area contributed by atoms with Crippen molar-refractivity contribution < 1.29 is 9.13 Å². The number of aromatic nitrogens is 1. The van der Waals surface area contributed by atoms with E-state index in [9.17, 15) is 4.39 Å². The molecule has 2 heterocycles. The van der Waals surface area contributed by atoms with Crippen molar-refractivity contribution in [1.82, 2.24) is 10.3 Å². The molecule has 0 spiro atoms. The lowest BCUT2D eigenvalue weighted by atomic mass is 9.90. The van der Waals surface area contributed by atoms with E-state index in [1.807, 2.05) is 6.92 Å². The van der Waals surface area contributed by atoms with E-state index >= 15 is 0 Å². The van der Waals surface area contributed by atoms with Crippen LogP contribution in [0.5, 0.6) is 0 Å². The van der Waals surface area contributed by atoms with E-state index in [-0.39, 0.29) is 22.4 Å². The van der Waals surface area contributed by atoms with E-state index in [0.29, 0.717) is 5.82 Å². The first kappa shape index (κ1) is 16.3. The third kappa shape index (κ3) is 3.39. The van der Waals surface area contributed by atoms with Gasteiger partial charge in [0.2, 0.25) is 5.95 Å². The van der Waals surface area contributed by atoms with Gasteiger partial charge in [-0.3, -0.25) is 0 Å². The number of piperazine rings is 1. The highest BCUT2D eigenvalue weighted by Crippen LogP contribution is 2.32. The summed E-state index contributed by atoms with van der Waals surface area (Å²) in [6.45, 7) is 6.43. The van der Waals surface area contributed by atoms with Crippen LogP contribution in [0.4, 0.5) is 15.9 Å². The van der Waals surface area contributed by atoms with Crippen molar-refractivity contribution in [3.63, 3.8) is 0 Å². The minimum Gasteiger partial charge on any atom is -0.397 e. The molecule has 0 bridgehead atoms. The molecular weight excluding hydrogens is 295 g/mol. The van der Waals surface area contributed by atoms with E-state index < -0.39 is 5.95 Å². The van der Waals surface area contributed by atoms with E-state index in [0.717, 1.165) is 26.1 Å². The van der Waals surface area contributed by atoms with Crippen LogP contribution in [0.2, 0.25) is 5.02 Å². The van der Waals surface area contributed by atoms with Gasteiger partial charge >= 0.3 is 0 Å². The zero-order chi connectivity index (χ0) is 15.6. The van der Waals surface area contributed by atoms with E-state index in [4.69, 9.17) is 22.1 Å². The zero-order valence-electron chi connectivity index (χ0n) is 12.6. The lowest BCUT2D eigenvalue weighted by Gasteiger charge is -2.47. The fraction of sp³-hybridized carbons (Fsp3) is 0.643. The Bertz CT molecular complexity index is 493. The Morgan fingerprint density at radius 1 is 1.67 bits per heavy atom. The molecule has 7 heteroatoms. The highest BCUT2D eigenvalue weighted by atomic mass is 35.5. The standard InChI is InChI=1S/C14H22ClFN4O/c1-9(21-3)7-14(2)8-18-4-5-20(14)11-6-10(17)12(15)13(16)19-11/h6,9,18H,4-5,7-8H2,1-3H3,(H2,17,19). The van der Waals surface area contributed by atoms with E-state index in [1.54, 1.807) is 13.2 Å². The Hall–Kier alpha value is -1.11. The molecule has 2 rings (SSSR count). The number of methoxy groups -OCH3 is 1. The first-order valence-corrected chi connectivity index (χ1v) is 7.38. The van der Waals surface area contributed by atoms with Gasteiger partial charge < -0.3 is 20.7 Å². The summed E-state index contributed by atoms with van der Waals surface area (Å²) in [5.41, 5.74) is 5.74. The number of nitrogens with zero attached hydrogens (tertiary/aromatic N) is 2. The summed E-state index contributed by atoms with van der Waals surface area (Å²) in [7, 11) is 1.69. The summed E-state index contributed by atoms with van der Waals surface area (Å²) in [5.74, 6) is -0.214. The third-order valence-corrected chi connectivity index (χ3v) is 4.38. The van der Waals surface area contributed by atoms with Crippen LogP contribution in [-0.2, 0) is 4.74 Å². The molecule has 1 saturated heterocycles. The number of pyridine rings is 1. The second kappa shape index (κ2) is 6.34. The van der Waals surface area contributed by atoms with Gasteiger partial charge in [-0.2, -0.15) is 4.39 Å². The number of anilines is 2. The molecule has 0 radical (unpaired) electrons. The molecule has 1 fully saturated rings. The van der Waals surface area contributed by atoms with Crippen LogP contribution >= 0.6 is 11.6 Å². The molecule has 1 aliphatic rings. The molecule has 21 heavy (non-hydrogen) atoms. The first-order chi connectivity index (χ1) is 9.87. The Morgan fingerprint density at radius 2 is 2.38 bits per heavy atom. The smallest absolute Gasteiger partial charge is 0.235 e. The van der Waals surface area contributed by atoms with E-state index in [2.05, 4.69) is 22.1 Å². The maximum Gasteiger partial charge on any atom is 0.235 e. The molecule has 2 unspecified atom stereocenters. The van der Waals surface area contributed by atoms with Crippen molar-refractivity contribution >= 4 is 23.1 Å². The highest BCUT2D eigenvalue weighted by Gasteiger charge is 2.37. The molecule has 1 aliphatic heterocycles. The number of nitrogens with one attached hydrogen (secondary N) is 1. The van der Waals surface area contributed by atoms with Crippen LogP contribution in [0.25, 0.3) is 0 Å². The van der Waals surface area contributed by atoms with Gasteiger partial charge in [0.25, 0.3) is 0 Å². The first-order valence-electron chi connectivity index (χ1n) is 7.00. The van der Waals surface area contributed by atoms with Crippen LogP contribution in [0.15, 0.2) is 6.07 Å². The summed E-state index contributed by atoms with van der Waals surface area (Å²) in [6, 6.07) is 1.63. The van der Waals surface area contributed by atoms with Gasteiger partial charge in [0, 0.05) is 32.8 Å². The number of hydrogen-bond donors (Lipinski definition) is 2. The van der Waals surface area contributed by atoms with Crippen LogP contribution in [-0.4, -0.2) is 43.4 Å². The van der Waals surface area contributed by atoms with Crippen molar-refractivity contribution in [3.8, 4) is 0 Å². The summed E-state index contributed by atoms with van der Waals surface area (Å²) in [5, 5.41) is 3.24. The summed E-state index contributed by atoms with van der Waals surface area (Å²) in [6.07, 6.45) is 0.884. The molecule has 3 N–H and O–H groups in total. The average molecular weight is 317 g/mol. The van der Waals surface area contributed by atoms with Gasteiger partial charge in [-0.15, -0.1) is 0 Å². The zero-order valence-corrected chi connectivity index (χ0v) is 13.4. The van der Waals surface area contributed by atoms with Crippen molar-refractivity contribution in [2.24, 2.45) is 0 Å². The molecule has 0 aromatic carbocycles. The maximum atomic E-state index is 13.8. The Labute approximate surface area is 129 Å². The molecule has 118 valence electrons. The Kier molecular flexibility index (Phi) is 4.91. The van der Waals surface area contributed by atoms with Gasteiger partial charge in [0.05, 0.1) is 17.3 Å². The predicted octanol–water partition coefficient (Wildman–Crippen LogP) is 2.05. The lowest BCUT2D eigenvalue weighted by molar-refractivity contribution is 0.0860. The fourth-order valence-electron chi connectivity index (χ4n) is 2.83. The highest BCUT2D eigenvalue weighted by molar-refractivity contribution is 6.33. The second-order valence-electron chi connectivity index (χ2n) is 5.75. The van der Waals surface area contributed by atoms with Gasteiger partial charge in [-0.05, 0) is 20.3 Å². The van der Waals surface area contributed by atoms with E-state index in [1.165, 1.54) is 0 Å². The molecule has 0 saturated carbocycles. The van der Waals surface area contributed by atoms with Crippen molar-refractivity contribution in [2.45, 2.75) is 31.9 Å². The normalized spacial score (nSPS) is 24.1. The number of rotatable bonds is 4. The maximum absolute atomic E-state index is 13.8. The molecule has 1 aromatic rings. The van der Waals surface area contributed by atoms with Crippen molar-refractivity contribution in [2.75, 3.05) is 37.4 Å². The van der Waals surface area contributed by atoms with Gasteiger partial charge in [0.1, 0.15) is 10.8 Å². The molecule has 5 nitrogen and oxygen atoms in total. The van der Waals surface area contributed by atoms with Gasteiger partial charge in [-0.25, -0.2) is 4.98 Å². The minimum atomic E-state index is -0.729. The lowest BCUT2D eigenvalue weighted by Crippen LogP contribution is -2.61. The van der Waals surface area contributed by atoms with Crippen molar-refractivity contribution in [3.05, 3.63) is 17.0 Å². The minimum absolute atomic E-state index is 0.0897. The molecular formula is C14H22ClFN4O. The number of nitrogens with two attached hydrogens (primary N) is 1. The third-order valence-electron chi connectivity index (χ3n) is 4.01. The number of ether oxygens (including phenoxy) is 1. The summed E-state index contributed by atoms with van der Waals surface area (Å²) < 4.78 is 19.2. The van der Waals surface area contributed by atoms with Crippen LogP contribution < -0.4 is 16.0 Å². The molecule has 0 aliphatic carbocycles. The summed E-state index contributed by atoms with van der Waals surface area (Å²) in [4.78, 5) is 6.04. The Morgan fingerprint density at radius 3 is 3.00 bits per heavy atom. The Balaban J connectivity index is 2.34. The fourth-order valence-corrected chi connectivity index (χ4v) is 2.93. The van der Waals surface area contributed by atoms with Crippen LogP contribution in [0, 0.1) is 5.95 Å². The number of nitrogen functional groups attached to an aromatic ring is 1. The number of halogens is 2. The largest absolute Gasteiger partial charge is 0.397 e. The second-order valence-corrected chi connectivity index (χ2v) is 6.13. The number of hydrogen-bond acceptors (Lipinski definition) is 5. The quantitative estimate of drug-likeness (QED) is 0.832. The topological polar surface area (TPSA) is 63.4 Å². The van der Waals surface area contributed by atoms with Gasteiger partial charge in [0.15, 0.2) is 0 Å². The van der Waals surface area contributed by atoms with Gasteiger partial charge in [-0.1, -0.05) is 11.6 Å². The SMILES string of the molecule is COC(C)CC1(C)CNCCN1c1cc(N)c(Cl)c(F)n1. The average Bonchev–Trinajstić information content (AvgIpc) is 2.44. The molecule has 1 aromatic heterocycles. The van der Waals surface area contributed by atoms with Crippen molar-refractivity contribution in [1.29, 1.82) is 0 Å². The predicted molar refractivity (Wildman–Crippen MR) is 83.3 cm³/mol. The monoisotopic (exact) mass is 316 g/mol. The molecule has 2 atom stereocenters. The van der Waals surface area contributed by atoms with Crippen LogP contribution in [0.1, 0.15) is 20.3 Å². The molecule has 0 amide bonds. The van der Waals surface area contributed by atoms with Crippen LogP contribution in [0.3, 0.4) is 0 Å².